The standard InChI is InChI=1S/C13H26N2O/c1-3-12-8-4-5-10-15(12)13(16)9-6-7-11(2)14/h11-12H,3-10,14H2,1-2H3. The van der Waals surface area contributed by atoms with Crippen molar-refractivity contribution in [3.63, 3.8) is 0 Å². The normalized spacial score (nSPS) is 23.2. The molecule has 0 bridgehead atoms. The van der Waals surface area contributed by atoms with Crippen LogP contribution in [-0.4, -0.2) is 29.4 Å². The fraction of sp³-hybridized carbons (Fsp3) is 0.923. The van der Waals surface area contributed by atoms with Crippen molar-refractivity contribution in [3.05, 3.63) is 0 Å². The Labute approximate surface area is 99.4 Å². The molecule has 1 aliphatic rings. The molecule has 1 rings (SSSR count). The SMILES string of the molecule is CCC1CCCCN1C(=O)CCCC(C)N. The number of carbonyl (C=O) groups excluding carboxylic acids is 1. The van der Waals surface area contributed by atoms with E-state index >= 15 is 0 Å². The zero-order chi connectivity index (χ0) is 12.0. The predicted molar refractivity (Wildman–Crippen MR) is 67.1 cm³/mol. The zero-order valence-electron chi connectivity index (χ0n) is 10.7. The van der Waals surface area contributed by atoms with Gasteiger partial charge in [0.05, 0.1) is 0 Å². The van der Waals surface area contributed by atoms with Gasteiger partial charge in [0, 0.05) is 25.0 Å². The van der Waals surface area contributed by atoms with Crippen LogP contribution in [0.2, 0.25) is 0 Å². The van der Waals surface area contributed by atoms with Gasteiger partial charge in [-0.25, -0.2) is 0 Å². The third-order valence-electron chi connectivity index (χ3n) is 3.47. The summed E-state index contributed by atoms with van der Waals surface area (Å²) in [5.41, 5.74) is 5.69. The summed E-state index contributed by atoms with van der Waals surface area (Å²) in [6.45, 7) is 5.15. The van der Waals surface area contributed by atoms with E-state index in [4.69, 9.17) is 5.73 Å². The minimum absolute atomic E-state index is 0.219. The number of nitrogens with two attached hydrogens (primary N) is 1. The third-order valence-corrected chi connectivity index (χ3v) is 3.47. The van der Waals surface area contributed by atoms with E-state index in [1.54, 1.807) is 0 Å². The van der Waals surface area contributed by atoms with Gasteiger partial charge in [-0.1, -0.05) is 6.92 Å². The molecular formula is C13H26N2O. The first-order chi connectivity index (χ1) is 7.65. The molecule has 0 saturated carbocycles. The third kappa shape index (κ3) is 4.12. The molecular weight excluding hydrogens is 200 g/mol. The van der Waals surface area contributed by atoms with E-state index in [0.29, 0.717) is 18.4 Å². The molecule has 1 heterocycles. The first-order valence-corrected chi connectivity index (χ1v) is 6.70. The van der Waals surface area contributed by atoms with Gasteiger partial charge in [0.1, 0.15) is 0 Å². The Morgan fingerprint density at radius 2 is 2.25 bits per heavy atom. The molecule has 1 saturated heterocycles. The van der Waals surface area contributed by atoms with E-state index in [1.807, 2.05) is 6.92 Å². The van der Waals surface area contributed by atoms with Crippen LogP contribution in [-0.2, 0) is 4.79 Å². The fourth-order valence-electron chi connectivity index (χ4n) is 2.47. The Hall–Kier alpha value is -0.570. The van der Waals surface area contributed by atoms with Crippen molar-refractivity contribution in [2.45, 2.75) is 70.9 Å². The number of nitrogens with zero attached hydrogens (tertiary/aromatic N) is 1. The molecule has 1 amide bonds. The molecule has 0 spiro atoms. The van der Waals surface area contributed by atoms with Gasteiger partial charge in [-0.3, -0.25) is 4.79 Å². The molecule has 2 unspecified atom stereocenters. The second-order valence-electron chi connectivity index (χ2n) is 5.01. The van der Waals surface area contributed by atoms with Gasteiger partial charge in [0.25, 0.3) is 0 Å². The summed E-state index contributed by atoms with van der Waals surface area (Å²) in [5, 5.41) is 0. The molecule has 1 fully saturated rings. The van der Waals surface area contributed by atoms with Gasteiger partial charge in [0.2, 0.25) is 5.91 Å². The maximum atomic E-state index is 12.0. The van der Waals surface area contributed by atoms with Crippen molar-refractivity contribution >= 4 is 5.91 Å². The van der Waals surface area contributed by atoms with E-state index in [1.165, 1.54) is 19.3 Å². The van der Waals surface area contributed by atoms with Gasteiger partial charge in [-0.2, -0.15) is 0 Å². The maximum absolute atomic E-state index is 12.0. The molecule has 0 aromatic rings. The predicted octanol–water partition coefficient (Wildman–Crippen LogP) is 2.29. The molecule has 0 radical (unpaired) electrons. The van der Waals surface area contributed by atoms with E-state index in [9.17, 15) is 4.79 Å². The van der Waals surface area contributed by atoms with Crippen LogP contribution in [0.5, 0.6) is 0 Å². The second-order valence-corrected chi connectivity index (χ2v) is 5.01. The summed E-state index contributed by atoms with van der Waals surface area (Å²) in [6.07, 6.45) is 7.31. The number of amides is 1. The molecule has 1 aliphatic heterocycles. The van der Waals surface area contributed by atoms with Crippen molar-refractivity contribution in [1.29, 1.82) is 0 Å². The Morgan fingerprint density at radius 3 is 2.88 bits per heavy atom. The van der Waals surface area contributed by atoms with Crippen LogP contribution in [0, 0.1) is 0 Å². The van der Waals surface area contributed by atoms with Crippen molar-refractivity contribution in [3.8, 4) is 0 Å². The monoisotopic (exact) mass is 226 g/mol. The van der Waals surface area contributed by atoms with Crippen LogP contribution in [0.1, 0.15) is 58.8 Å². The quantitative estimate of drug-likeness (QED) is 0.782. The molecule has 2 N–H and O–H groups in total. The minimum atomic E-state index is 0.219. The number of hydrogen-bond donors (Lipinski definition) is 1. The molecule has 0 aliphatic carbocycles. The number of rotatable bonds is 5. The highest BCUT2D eigenvalue weighted by molar-refractivity contribution is 5.76. The van der Waals surface area contributed by atoms with Crippen LogP contribution in [0.25, 0.3) is 0 Å². The lowest BCUT2D eigenvalue weighted by molar-refractivity contribution is -0.135. The lowest BCUT2D eigenvalue weighted by atomic mass is 9.99. The highest BCUT2D eigenvalue weighted by atomic mass is 16.2. The van der Waals surface area contributed by atoms with Crippen LogP contribution >= 0.6 is 0 Å². The van der Waals surface area contributed by atoms with Crippen molar-refractivity contribution in [1.82, 2.24) is 4.90 Å². The van der Waals surface area contributed by atoms with E-state index < -0.39 is 0 Å². The second kappa shape index (κ2) is 6.89. The summed E-state index contributed by atoms with van der Waals surface area (Å²) in [6, 6.07) is 0.715. The van der Waals surface area contributed by atoms with Gasteiger partial charge in [-0.05, 0) is 45.4 Å². The first kappa shape index (κ1) is 13.5. The van der Waals surface area contributed by atoms with Crippen molar-refractivity contribution in [2.24, 2.45) is 5.73 Å². The summed E-state index contributed by atoms with van der Waals surface area (Å²) < 4.78 is 0. The highest BCUT2D eigenvalue weighted by Gasteiger charge is 2.24. The molecule has 16 heavy (non-hydrogen) atoms. The number of carbonyl (C=O) groups is 1. The van der Waals surface area contributed by atoms with E-state index in [0.717, 1.165) is 25.8 Å². The maximum Gasteiger partial charge on any atom is 0.222 e. The molecule has 3 nitrogen and oxygen atoms in total. The zero-order valence-corrected chi connectivity index (χ0v) is 10.7. The van der Waals surface area contributed by atoms with Crippen LogP contribution in [0.3, 0.4) is 0 Å². The van der Waals surface area contributed by atoms with E-state index in [-0.39, 0.29) is 6.04 Å². The van der Waals surface area contributed by atoms with Gasteiger partial charge < -0.3 is 10.6 Å². The van der Waals surface area contributed by atoms with Gasteiger partial charge >= 0.3 is 0 Å². The summed E-state index contributed by atoms with van der Waals surface area (Å²) in [7, 11) is 0. The number of hydrogen-bond acceptors (Lipinski definition) is 2. The summed E-state index contributed by atoms with van der Waals surface area (Å²) >= 11 is 0. The van der Waals surface area contributed by atoms with Crippen LogP contribution in [0.15, 0.2) is 0 Å². The Morgan fingerprint density at radius 1 is 1.50 bits per heavy atom. The molecule has 0 aromatic carbocycles. The van der Waals surface area contributed by atoms with Crippen LogP contribution in [0.4, 0.5) is 0 Å². The smallest absolute Gasteiger partial charge is 0.222 e. The Bertz CT molecular complexity index is 216. The topological polar surface area (TPSA) is 46.3 Å². The first-order valence-electron chi connectivity index (χ1n) is 6.70. The lowest BCUT2D eigenvalue weighted by Gasteiger charge is -2.35. The van der Waals surface area contributed by atoms with Crippen molar-refractivity contribution < 1.29 is 4.79 Å². The van der Waals surface area contributed by atoms with Crippen LogP contribution < -0.4 is 5.73 Å². The molecule has 94 valence electrons. The highest BCUT2D eigenvalue weighted by Crippen LogP contribution is 2.20. The Kier molecular flexibility index (Phi) is 5.81. The average molecular weight is 226 g/mol. The lowest BCUT2D eigenvalue weighted by Crippen LogP contribution is -2.43. The number of likely N-dealkylation sites (tertiary alicyclic amines) is 1. The number of piperidine rings is 1. The molecule has 0 aromatic heterocycles. The average Bonchev–Trinajstić information content (AvgIpc) is 2.28. The van der Waals surface area contributed by atoms with Gasteiger partial charge in [-0.15, -0.1) is 0 Å². The van der Waals surface area contributed by atoms with Crippen molar-refractivity contribution in [2.75, 3.05) is 6.54 Å². The molecule has 2 atom stereocenters. The summed E-state index contributed by atoms with van der Waals surface area (Å²) in [5.74, 6) is 0.340. The fourth-order valence-corrected chi connectivity index (χ4v) is 2.47. The molecule has 3 heteroatoms. The minimum Gasteiger partial charge on any atom is -0.340 e. The van der Waals surface area contributed by atoms with E-state index in [2.05, 4.69) is 11.8 Å². The largest absolute Gasteiger partial charge is 0.340 e. The van der Waals surface area contributed by atoms with Gasteiger partial charge in [0.15, 0.2) is 0 Å². The summed E-state index contributed by atoms with van der Waals surface area (Å²) in [4.78, 5) is 14.1. The Balaban J connectivity index is 2.33.